The molecule has 0 spiro atoms. The third-order valence-corrected chi connectivity index (χ3v) is 3.11. The molecule has 1 aliphatic rings. The fourth-order valence-corrected chi connectivity index (χ4v) is 2.48. The molecule has 0 aromatic carbocycles. The Morgan fingerprint density at radius 3 is 2.44 bits per heavy atom. The van der Waals surface area contributed by atoms with E-state index in [4.69, 9.17) is 4.74 Å². The predicted molar refractivity (Wildman–Crippen MR) is 69.2 cm³/mol. The van der Waals surface area contributed by atoms with Gasteiger partial charge in [-0.2, -0.15) is 0 Å². The van der Waals surface area contributed by atoms with Gasteiger partial charge in [-0.15, -0.1) is 0 Å². The predicted octanol–water partition coefficient (Wildman–Crippen LogP) is 1.63. The van der Waals surface area contributed by atoms with Gasteiger partial charge < -0.3 is 15.0 Å². The molecular weight excluding hydrogens is 232 g/mol. The maximum Gasteiger partial charge on any atom is 0.407 e. The number of ether oxygens (including phenoxy) is 1. The molecule has 1 rings (SSSR count). The van der Waals surface area contributed by atoms with Gasteiger partial charge in [0.05, 0.1) is 6.61 Å². The van der Waals surface area contributed by atoms with Crippen molar-refractivity contribution < 1.29 is 14.3 Å². The molecule has 18 heavy (non-hydrogen) atoms. The van der Waals surface area contributed by atoms with Gasteiger partial charge in [-0.05, 0) is 25.2 Å². The van der Waals surface area contributed by atoms with Gasteiger partial charge in [0.15, 0.2) is 0 Å². The van der Waals surface area contributed by atoms with Gasteiger partial charge in [0.25, 0.3) is 0 Å². The Labute approximate surface area is 109 Å². The molecule has 104 valence electrons. The van der Waals surface area contributed by atoms with Crippen LogP contribution in [0.25, 0.3) is 0 Å². The molecule has 0 bridgehead atoms. The lowest BCUT2D eigenvalue weighted by Crippen LogP contribution is -2.43. The lowest BCUT2D eigenvalue weighted by Gasteiger charge is -2.35. The number of amides is 2. The van der Waals surface area contributed by atoms with Gasteiger partial charge >= 0.3 is 6.09 Å². The standard InChI is InChI=1S/C13H24N2O3/c1-4-18-13(17)14-6-5-12(16)15-8-10(2)7-11(3)9-15/h10-11H,4-9H2,1-3H3,(H,14,17)/t10-,11-/m1/s1. The van der Waals surface area contributed by atoms with Gasteiger partial charge in [0.2, 0.25) is 5.91 Å². The number of rotatable bonds is 4. The Morgan fingerprint density at radius 1 is 1.28 bits per heavy atom. The van der Waals surface area contributed by atoms with E-state index in [0.717, 1.165) is 13.1 Å². The van der Waals surface area contributed by atoms with E-state index in [-0.39, 0.29) is 5.91 Å². The van der Waals surface area contributed by atoms with Crippen molar-refractivity contribution in [2.45, 2.75) is 33.6 Å². The lowest BCUT2D eigenvalue weighted by molar-refractivity contribution is -0.133. The monoisotopic (exact) mass is 256 g/mol. The van der Waals surface area contributed by atoms with E-state index in [0.29, 0.717) is 31.4 Å². The van der Waals surface area contributed by atoms with Crippen molar-refractivity contribution in [3.63, 3.8) is 0 Å². The third-order valence-electron chi connectivity index (χ3n) is 3.11. The van der Waals surface area contributed by atoms with Crippen molar-refractivity contribution in [2.75, 3.05) is 26.2 Å². The van der Waals surface area contributed by atoms with Crippen molar-refractivity contribution in [3.05, 3.63) is 0 Å². The number of nitrogens with one attached hydrogen (secondary N) is 1. The summed E-state index contributed by atoms with van der Waals surface area (Å²) in [6.45, 7) is 8.46. The summed E-state index contributed by atoms with van der Waals surface area (Å²) in [5.74, 6) is 1.25. The minimum absolute atomic E-state index is 0.116. The molecule has 2 amide bonds. The zero-order valence-electron chi connectivity index (χ0n) is 11.6. The van der Waals surface area contributed by atoms with Gasteiger partial charge in [-0.25, -0.2) is 4.79 Å². The van der Waals surface area contributed by atoms with Crippen LogP contribution in [0.4, 0.5) is 4.79 Å². The number of carbonyl (C=O) groups excluding carboxylic acids is 2. The van der Waals surface area contributed by atoms with Crippen LogP contribution < -0.4 is 5.32 Å². The van der Waals surface area contributed by atoms with Crippen LogP contribution in [0.2, 0.25) is 0 Å². The fourth-order valence-electron chi connectivity index (χ4n) is 2.48. The molecule has 0 aromatic heterocycles. The summed E-state index contributed by atoms with van der Waals surface area (Å²) in [5, 5.41) is 2.57. The van der Waals surface area contributed by atoms with E-state index >= 15 is 0 Å². The first-order valence-corrected chi connectivity index (χ1v) is 6.71. The van der Waals surface area contributed by atoms with Crippen LogP contribution in [0.1, 0.15) is 33.6 Å². The zero-order chi connectivity index (χ0) is 13.5. The molecule has 1 aliphatic heterocycles. The van der Waals surface area contributed by atoms with Gasteiger partial charge in [0, 0.05) is 26.1 Å². The highest BCUT2D eigenvalue weighted by atomic mass is 16.5. The first kappa shape index (κ1) is 14.8. The summed E-state index contributed by atoms with van der Waals surface area (Å²) < 4.78 is 4.73. The minimum atomic E-state index is -0.453. The zero-order valence-corrected chi connectivity index (χ0v) is 11.6. The molecular formula is C13H24N2O3. The highest BCUT2D eigenvalue weighted by Gasteiger charge is 2.24. The highest BCUT2D eigenvalue weighted by Crippen LogP contribution is 2.21. The van der Waals surface area contributed by atoms with Crippen LogP contribution in [-0.2, 0) is 9.53 Å². The maximum atomic E-state index is 12.0. The molecule has 5 nitrogen and oxygen atoms in total. The quantitative estimate of drug-likeness (QED) is 0.831. The molecule has 5 heteroatoms. The van der Waals surface area contributed by atoms with E-state index in [2.05, 4.69) is 19.2 Å². The Hall–Kier alpha value is -1.26. The number of carbonyl (C=O) groups is 2. The summed E-state index contributed by atoms with van der Waals surface area (Å²) in [6, 6.07) is 0. The van der Waals surface area contributed by atoms with Crippen LogP contribution in [0.3, 0.4) is 0 Å². The average Bonchev–Trinajstić information content (AvgIpc) is 2.27. The van der Waals surface area contributed by atoms with Crippen LogP contribution in [0, 0.1) is 11.8 Å². The molecule has 1 heterocycles. The second-order valence-electron chi connectivity index (χ2n) is 5.14. The van der Waals surface area contributed by atoms with Crippen molar-refractivity contribution >= 4 is 12.0 Å². The summed E-state index contributed by atoms with van der Waals surface area (Å²) in [6.07, 6.45) is 1.08. The second kappa shape index (κ2) is 7.24. The van der Waals surface area contributed by atoms with Crippen LogP contribution in [0.5, 0.6) is 0 Å². The second-order valence-corrected chi connectivity index (χ2v) is 5.14. The van der Waals surface area contributed by atoms with Gasteiger partial charge in [-0.3, -0.25) is 4.79 Å². The van der Waals surface area contributed by atoms with E-state index in [1.807, 2.05) is 4.90 Å². The van der Waals surface area contributed by atoms with Crippen molar-refractivity contribution in [3.8, 4) is 0 Å². The summed E-state index contributed by atoms with van der Waals surface area (Å²) in [5.41, 5.74) is 0. The summed E-state index contributed by atoms with van der Waals surface area (Å²) >= 11 is 0. The van der Waals surface area contributed by atoms with E-state index in [1.165, 1.54) is 6.42 Å². The number of alkyl carbamates (subject to hydrolysis) is 1. The van der Waals surface area contributed by atoms with Crippen molar-refractivity contribution in [1.29, 1.82) is 0 Å². The van der Waals surface area contributed by atoms with Gasteiger partial charge in [-0.1, -0.05) is 13.8 Å². The summed E-state index contributed by atoms with van der Waals surface area (Å²) in [4.78, 5) is 24.9. The first-order valence-electron chi connectivity index (χ1n) is 6.71. The smallest absolute Gasteiger partial charge is 0.407 e. The third kappa shape index (κ3) is 4.94. The Balaban J connectivity index is 2.25. The number of hydrogen-bond donors (Lipinski definition) is 1. The highest BCUT2D eigenvalue weighted by molar-refractivity contribution is 5.77. The van der Waals surface area contributed by atoms with Gasteiger partial charge in [0.1, 0.15) is 0 Å². The molecule has 0 radical (unpaired) electrons. The van der Waals surface area contributed by atoms with E-state index in [1.54, 1.807) is 6.92 Å². The minimum Gasteiger partial charge on any atom is -0.450 e. The van der Waals surface area contributed by atoms with Crippen molar-refractivity contribution in [2.24, 2.45) is 11.8 Å². The molecule has 0 saturated carbocycles. The largest absolute Gasteiger partial charge is 0.450 e. The molecule has 0 aromatic rings. The number of hydrogen-bond acceptors (Lipinski definition) is 3. The van der Waals surface area contributed by atoms with E-state index in [9.17, 15) is 9.59 Å². The molecule has 0 aliphatic carbocycles. The van der Waals surface area contributed by atoms with E-state index < -0.39 is 6.09 Å². The van der Waals surface area contributed by atoms with Crippen LogP contribution >= 0.6 is 0 Å². The fraction of sp³-hybridized carbons (Fsp3) is 0.846. The Kier molecular flexibility index (Phi) is 5.95. The number of nitrogens with zero attached hydrogens (tertiary/aromatic N) is 1. The molecule has 0 unspecified atom stereocenters. The topological polar surface area (TPSA) is 58.6 Å². The SMILES string of the molecule is CCOC(=O)NCCC(=O)N1C[C@H](C)C[C@@H](C)C1. The van der Waals surface area contributed by atoms with Crippen LogP contribution in [0.15, 0.2) is 0 Å². The number of likely N-dealkylation sites (tertiary alicyclic amines) is 1. The molecule has 1 fully saturated rings. The molecule has 1 N–H and O–H groups in total. The lowest BCUT2D eigenvalue weighted by atomic mass is 9.92. The van der Waals surface area contributed by atoms with Crippen LogP contribution in [-0.4, -0.2) is 43.1 Å². The molecule has 1 saturated heterocycles. The average molecular weight is 256 g/mol. The molecule has 2 atom stereocenters. The maximum absolute atomic E-state index is 12.0. The first-order chi connectivity index (χ1) is 8.52. The normalized spacial score (nSPS) is 23.6. The van der Waals surface area contributed by atoms with Crippen molar-refractivity contribution in [1.82, 2.24) is 10.2 Å². The Bertz CT molecular complexity index is 284. The number of piperidine rings is 1. The Morgan fingerprint density at radius 2 is 1.89 bits per heavy atom. The summed E-state index contributed by atoms with van der Waals surface area (Å²) in [7, 11) is 0.